The van der Waals surface area contributed by atoms with E-state index >= 15 is 0 Å². The molecule has 3 rings (SSSR count). The second-order valence-electron chi connectivity index (χ2n) is 6.23. The summed E-state index contributed by atoms with van der Waals surface area (Å²) in [6.07, 6.45) is 3.66. The van der Waals surface area contributed by atoms with Crippen LogP contribution in [0.2, 0.25) is 0 Å². The summed E-state index contributed by atoms with van der Waals surface area (Å²) >= 11 is 1.16. The van der Waals surface area contributed by atoms with E-state index in [9.17, 15) is 23.1 Å². The minimum atomic E-state index is -3.32. The number of hydrogen-bond acceptors (Lipinski definition) is 7. The van der Waals surface area contributed by atoms with Crippen molar-refractivity contribution in [3.05, 3.63) is 18.2 Å². The molecule has 0 saturated heterocycles. The molecule has 9 heteroatoms. The molecule has 1 heterocycles. The number of anilines is 1. The van der Waals surface area contributed by atoms with E-state index in [4.69, 9.17) is 0 Å². The lowest BCUT2D eigenvalue weighted by molar-refractivity contribution is -0.313. The van der Waals surface area contributed by atoms with Gasteiger partial charge in [-0.1, -0.05) is 24.2 Å². The van der Waals surface area contributed by atoms with Gasteiger partial charge in [-0.05, 0) is 31.0 Å². The van der Waals surface area contributed by atoms with Gasteiger partial charge in [-0.15, -0.1) is 0 Å². The maximum Gasteiger partial charge on any atom is 0.229 e. The number of benzene rings is 1. The van der Waals surface area contributed by atoms with Crippen molar-refractivity contribution in [2.45, 2.75) is 30.6 Å². The molecule has 0 radical (unpaired) electrons. The number of rotatable bonds is 4. The van der Waals surface area contributed by atoms with Crippen LogP contribution in [-0.4, -0.2) is 31.5 Å². The SMILES string of the molecule is CS(=O)(=O)c1ccc2nc(NC(=O)[C@H]3CCCC[C@H]3C(=O)[O-])sc2c1. The summed E-state index contributed by atoms with van der Waals surface area (Å²) in [6.45, 7) is 0. The van der Waals surface area contributed by atoms with Crippen LogP contribution < -0.4 is 10.4 Å². The van der Waals surface area contributed by atoms with Gasteiger partial charge in [0, 0.05) is 24.1 Å². The first-order valence-electron chi connectivity index (χ1n) is 7.88. The highest BCUT2D eigenvalue weighted by molar-refractivity contribution is 7.90. The average molecular weight is 381 g/mol. The molecule has 1 aromatic carbocycles. The van der Waals surface area contributed by atoms with Crippen LogP contribution in [0, 0.1) is 11.8 Å². The van der Waals surface area contributed by atoms with Gasteiger partial charge in [0.1, 0.15) is 0 Å². The van der Waals surface area contributed by atoms with Crippen molar-refractivity contribution in [3.8, 4) is 0 Å². The van der Waals surface area contributed by atoms with Crippen LogP contribution >= 0.6 is 11.3 Å². The van der Waals surface area contributed by atoms with Gasteiger partial charge in [0.15, 0.2) is 15.0 Å². The van der Waals surface area contributed by atoms with Crippen molar-refractivity contribution in [1.82, 2.24) is 4.98 Å². The third-order valence-corrected chi connectivity index (χ3v) is 6.47. The lowest BCUT2D eigenvalue weighted by Gasteiger charge is -2.30. The Hall–Kier alpha value is -2.00. The third kappa shape index (κ3) is 3.82. The van der Waals surface area contributed by atoms with Gasteiger partial charge in [-0.3, -0.25) is 4.79 Å². The van der Waals surface area contributed by atoms with Gasteiger partial charge in [-0.2, -0.15) is 0 Å². The molecule has 1 fully saturated rings. The Morgan fingerprint density at radius 1 is 1.24 bits per heavy atom. The van der Waals surface area contributed by atoms with Gasteiger partial charge in [-0.25, -0.2) is 13.4 Å². The molecule has 1 aromatic heterocycles. The van der Waals surface area contributed by atoms with Crippen molar-refractivity contribution >= 4 is 48.4 Å². The molecule has 0 aliphatic heterocycles. The van der Waals surface area contributed by atoms with Gasteiger partial charge < -0.3 is 15.2 Å². The fraction of sp³-hybridized carbons (Fsp3) is 0.438. The molecule has 1 aliphatic carbocycles. The van der Waals surface area contributed by atoms with Crippen LogP contribution in [0.4, 0.5) is 5.13 Å². The molecule has 0 spiro atoms. The number of carboxylic acid groups (broad SMARTS) is 1. The first-order chi connectivity index (χ1) is 11.8. The number of carbonyl (C=O) groups is 2. The topological polar surface area (TPSA) is 116 Å². The van der Waals surface area contributed by atoms with Crippen molar-refractivity contribution in [2.75, 3.05) is 11.6 Å². The average Bonchev–Trinajstić information content (AvgIpc) is 2.95. The maximum atomic E-state index is 12.5. The smallest absolute Gasteiger partial charge is 0.229 e. The number of carboxylic acids is 1. The molecule has 7 nitrogen and oxygen atoms in total. The van der Waals surface area contributed by atoms with E-state index in [2.05, 4.69) is 10.3 Å². The summed E-state index contributed by atoms with van der Waals surface area (Å²) in [5.74, 6) is -2.98. The Kier molecular flexibility index (Phi) is 4.79. The van der Waals surface area contributed by atoms with Crippen LogP contribution in [-0.2, 0) is 19.4 Å². The van der Waals surface area contributed by atoms with E-state index in [0.717, 1.165) is 30.4 Å². The number of thiazole rings is 1. The second kappa shape index (κ2) is 6.72. The zero-order valence-electron chi connectivity index (χ0n) is 13.5. The molecule has 2 atom stereocenters. The molecule has 25 heavy (non-hydrogen) atoms. The number of aliphatic carboxylic acids is 1. The van der Waals surface area contributed by atoms with Crippen LogP contribution in [0.1, 0.15) is 25.7 Å². The highest BCUT2D eigenvalue weighted by Gasteiger charge is 2.32. The van der Waals surface area contributed by atoms with Crippen molar-refractivity contribution in [1.29, 1.82) is 0 Å². The van der Waals surface area contributed by atoms with Crippen LogP contribution in [0.3, 0.4) is 0 Å². The molecule has 0 unspecified atom stereocenters. The standard InChI is InChI=1S/C16H18N2O5S2/c1-25(22,23)9-6-7-12-13(8-9)24-16(17-12)18-14(19)10-4-2-3-5-11(10)15(20)21/h6-8,10-11H,2-5H2,1H3,(H,20,21)(H,17,18,19)/p-1/t10-,11+/m0/s1. The maximum absolute atomic E-state index is 12.5. The number of aromatic nitrogens is 1. The molecule has 1 saturated carbocycles. The van der Waals surface area contributed by atoms with Gasteiger partial charge in [0.25, 0.3) is 0 Å². The summed E-state index contributed by atoms with van der Waals surface area (Å²) in [5, 5.41) is 14.2. The largest absolute Gasteiger partial charge is 0.550 e. The minimum Gasteiger partial charge on any atom is -0.550 e. The van der Waals surface area contributed by atoms with E-state index in [0.29, 0.717) is 28.2 Å². The monoisotopic (exact) mass is 381 g/mol. The molecular formula is C16H17N2O5S2-. The van der Waals surface area contributed by atoms with Gasteiger partial charge in [0.05, 0.1) is 15.1 Å². The number of carbonyl (C=O) groups excluding carboxylic acids is 2. The number of nitrogens with one attached hydrogen (secondary N) is 1. The Labute approximate surface area is 149 Å². The molecule has 1 aliphatic rings. The lowest BCUT2D eigenvalue weighted by atomic mass is 9.79. The van der Waals surface area contributed by atoms with Crippen molar-refractivity contribution in [3.63, 3.8) is 0 Å². The lowest BCUT2D eigenvalue weighted by Crippen LogP contribution is -2.42. The summed E-state index contributed by atoms with van der Waals surface area (Å²) in [5.41, 5.74) is 0.577. The molecular weight excluding hydrogens is 364 g/mol. The fourth-order valence-corrected chi connectivity index (χ4v) is 4.74. The van der Waals surface area contributed by atoms with E-state index in [1.165, 1.54) is 12.1 Å². The number of fused-ring (bicyclic) bond motifs is 1. The van der Waals surface area contributed by atoms with E-state index in [1.54, 1.807) is 6.07 Å². The van der Waals surface area contributed by atoms with Gasteiger partial charge >= 0.3 is 0 Å². The Morgan fingerprint density at radius 3 is 2.56 bits per heavy atom. The molecule has 134 valence electrons. The van der Waals surface area contributed by atoms with E-state index < -0.39 is 27.6 Å². The summed E-state index contributed by atoms with van der Waals surface area (Å²) in [4.78, 5) is 28.1. The molecule has 2 aromatic rings. The number of sulfone groups is 1. The molecule has 0 bridgehead atoms. The van der Waals surface area contributed by atoms with Crippen molar-refractivity contribution in [2.24, 2.45) is 11.8 Å². The normalized spacial score (nSPS) is 21.2. The quantitative estimate of drug-likeness (QED) is 0.850. The van der Waals surface area contributed by atoms with Crippen molar-refractivity contribution < 1.29 is 23.1 Å². The van der Waals surface area contributed by atoms with Crippen LogP contribution in [0.15, 0.2) is 23.1 Å². The highest BCUT2D eigenvalue weighted by Crippen LogP contribution is 2.32. The fourth-order valence-electron chi connectivity index (χ4n) is 3.11. The highest BCUT2D eigenvalue weighted by atomic mass is 32.2. The number of nitrogens with zero attached hydrogens (tertiary/aromatic N) is 1. The predicted molar refractivity (Wildman–Crippen MR) is 91.8 cm³/mol. The van der Waals surface area contributed by atoms with E-state index in [-0.39, 0.29) is 10.8 Å². The predicted octanol–water partition coefficient (Wildman–Crippen LogP) is 1.19. The summed E-state index contributed by atoms with van der Waals surface area (Å²) < 4.78 is 23.9. The van der Waals surface area contributed by atoms with Gasteiger partial charge in [0.2, 0.25) is 5.91 Å². The molecule has 1 amide bonds. The number of amides is 1. The Balaban J connectivity index is 1.82. The first kappa shape index (κ1) is 17.8. The second-order valence-corrected chi connectivity index (χ2v) is 9.27. The summed E-state index contributed by atoms with van der Waals surface area (Å²) in [7, 11) is -3.32. The Morgan fingerprint density at radius 2 is 1.92 bits per heavy atom. The third-order valence-electron chi connectivity index (χ3n) is 4.42. The summed E-state index contributed by atoms with van der Waals surface area (Å²) in [6, 6.07) is 4.57. The molecule has 1 N–H and O–H groups in total. The van der Waals surface area contributed by atoms with Crippen LogP contribution in [0.25, 0.3) is 10.2 Å². The van der Waals surface area contributed by atoms with E-state index in [1.807, 2.05) is 0 Å². The number of hydrogen-bond donors (Lipinski definition) is 1. The minimum absolute atomic E-state index is 0.186. The first-order valence-corrected chi connectivity index (χ1v) is 10.6. The van der Waals surface area contributed by atoms with Crippen LogP contribution in [0.5, 0.6) is 0 Å². The Bertz CT molecular complexity index is 935. The zero-order chi connectivity index (χ0) is 18.2. The zero-order valence-corrected chi connectivity index (χ0v) is 15.2.